The summed E-state index contributed by atoms with van der Waals surface area (Å²) in [6.45, 7) is 9.12. The molecular formula is C30H28N5P. The van der Waals surface area contributed by atoms with Crippen molar-refractivity contribution in [2.75, 3.05) is 16.8 Å². The third-order valence-electron chi connectivity index (χ3n) is 6.36. The summed E-state index contributed by atoms with van der Waals surface area (Å²) in [6, 6.07) is 24.5. The van der Waals surface area contributed by atoms with Gasteiger partial charge in [-0.1, -0.05) is 76.0 Å². The molecule has 1 atom stereocenters. The number of hydrogen-bond acceptors (Lipinski definition) is 5. The van der Waals surface area contributed by atoms with Crippen molar-refractivity contribution in [3.05, 3.63) is 125 Å². The largest absolute Gasteiger partial charge is 0.364 e. The van der Waals surface area contributed by atoms with Gasteiger partial charge in [0.15, 0.2) is 0 Å². The van der Waals surface area contributed by atoms with E-state index >= 15 is 0 Å². The van der Waals surface area contributed by atoms with Crippen LogP contribution < -0.4 is 15.7 Å². The second-order valence-corrected chi connectivity index (χ2v) is 9.42. The number of nitrogens with zero attached hydrogens (tertiary/aromatic N) is 3. The highest BCUT2D eigenvalue weighted by Crippen LogP contribution is 2.38. The van der Waals surface area contributed by atoms with Crippen LogP contribution in [-0.2, 0) is 0 Å². The molecule has 0 saturated carbocycles. The summed E-state index contributed by atoms with van der Waals surface area (Å²) in [5, 5.41) is 12.4. The Bertz CT molecular complexity index is 1510. The number of nitrogens with one attached hydrogen (secondary N) is 2. The molecule has 1 unspecified atom stereocenters. The molecule has 0 radical (unpaired) electrons. The van der Waals surface area contributed by atoms with Crippen LogP contribution in [0, 0.1) is 19.3 Å². The first-order chi connectivity index (χ1) is 17.4. The molecule has 1 aliphatic heterocycles. The molecule has 36 heavy (non-hydrogen) atoms. The normalized spacial score (nSPS) is 12.7. The Morgan fingerprint density at radius 3 is 2.56 bits per heavy atom. The summed E-state index contributed by atoms with van der Waals surface area (Å²) in [5.41, 5.74) is 10.2. The molecule has 0 spiro atoms. The van der Waals surface area contributed by atoms with Crippen molar-refractivity contribution in [2.24, 2.45) is 0 Å². The van der Waals surface area contributed by atoms with Gasteiger partial charge in [0, 0.05) is 28.2 Å². The molecule has 6 heteroatoms. The van der Waals surface area contributed by atoms with Crippen LogP contribution in [0.4, 0.5) is 11.5 Å². The van der Waals surface area contributed by atoms with E-state index < -0.39 is 0 Å². The van der Waals surface area contributed by atoms with Gasteiger partial charge in [0.1, 0.15) is 12.1 Å². The lowest BCUT2D eigenvalue weighted by Crippen LogP contribution is -2.29. The summed E-state index contributed by atoms with van der Waals surface area (Å²) in [5.74, 6) is 0.621. The van der Waals surface area contributed by atoms with E-state index in [1.807, 2.05) is 49.4 Å². The van der Waals surface area contributed by atoms with Gasteiger partial charge in [-0.15, -0.1) is 0 Å². The van der Waals surface area contributed by atoms with Crippen LogP contribution in [0.1, 0.15) is 33.4 Å². The van der Waals surface area contributed by atoms with Gasteiger partial charge in [-0.05, 0) is 49.2 Å². The van der Waals surface area contributed by atoms with Crippen molar-refractivity contribution in [3.8, 4) is 0 Å². The molecule has 2 N–H and O–H groups in total. The fraction of sp³-hybridized carbons (Fsp3) is 0.100. The number of para-hydroxylation sites is 1. The Morgan fingerprint density at radius 2 is 1.78 bits per heavy atom. The first-order valence-corrected chi connectivity index (χ1v) is 12.4. The van der Waals surface area contributed by atoms with Gasteiger partial charge < -0.3 is 10.2 Å². The Morgan fingerprint density at radius 1 is 1.00 bits per heavy atom. The number of benzene rings is 3. The lowest BCUT2D eigenvalue weighted by Gasteiger charge is -2.35. The van der Waals surface area contributed by atoms with E-state index in [2.05, 4.69) is 79.3 Å². The maximum absolute atomic E-state index is 8.93. The van der Waals surface area contributed by atoms with Gasteiger partial charge in [-0.25, -0.2) is 9.97 Å². The van der Waals surface area contributed by atoms with Crippen molar-refractivity contribution < 1.29 is 0 Å². The second kappa shape index (κ2) is 9.88. The Balaban J connectivity index is 1.53. The SMILES string of the molecule is C=C1c2c(C)cccc2C=C(CNc2ncnc(P)c2C(=N)c2cccc(C)c2)N1c1ccccc1. The molecule has 5 nitrogen and oxygen atoms in total. The van der Waals surface area contributed by atoms with Crippen molar-refractivity contribution in [2.45, 2.75) is 13.8 Å². The summed E-state index contributed by atoms with van der Waals surface area (Å²) >= 11 is 0. The first-order valence-electron chi connectivity index (χ1n) is 11.8. The molecule has 4 aromatic rings. The number of fused-ring (bicyclic) bond motifs is 1. The first kappa shape index (κ1) is 23.7. The monoisotopic (exact) mass is 489 g/mol. The minimum absolute atomic E-state index is 0.384. The summed E-state index contributed by atoms with van der Waals surface area (Å²) in [4.78, 5) is 11.1. The van der Waals surface area contributed by atoms with Gasteiger partial charge >= 0.3 is 0 Å². The number of hydrogen-bond donors (Lipinski definition) is 2. The third kappa shape index (κ3) is 4.46. The zero-order valence-electron chi connectivity index (χ0n) is 20.4. The van der Waals surface area contributed by atoms with Crippen LogP contribution in [0.25, 0.3) is 11.8 Å². The zero-order valence-corrected chi connectivity index (χ0v) is 21.6. The minimum Gasteiger partial charge on any atom is -0.364 e. The van der Waals surface area contributed by atoms with Crippen LogP contribution in [0.3, 0.4) is 0 Å². The Labute approximate surface area is 214 Å². The zero-order chi connectivity index (χ0) is 25.2. The number of aromatic nitrogens is 2. The Hall–Kier alpha value is -4.08. The van der Waals surface area contributed by atoms with Crippen molar-refractivity contribution in [3.63, 3.8) is 0 Å². The van der Waals surface area contributed by atoms with E-state index in [1.165, 1.54) is 11.9 Å². The second-order valence-electron chi connectivity index (χ2n) is 8.87. The highest BCUT2D eigenvalue weighted by Gasteiger charge is 2.25. The molecule has 0 aliphatic carbocycles. The van der Waals surface area contributed by atoms with Crippen LogP contribution in [0.15, 0.2) is 91.4 Å². The van der Waals surface area contributed by atoms with Crippen molar-refractivity contribution >= 4 is 43.7 Å². The average Bonchev–Trinajstić information content (AvgIpc) is 2.87. The van der Waals surface area contributed by atoms with Gasteiger partial charge in [-0.3, -0.25) is 5.41 Å². The lowest BCUT2D eigenvalue weighted by atomic mass is 9.94. The third-order valence-corrected chi connectivity index (χ3v) is 6.80. The maximum Gasteiger partial charge on any atom is 0.139 e. The summed E-state index contributed by atoms with van der Waals surface area (Å²) < 4.78 is 0. The van der Waals surface area contributed by atoms with E-state index in [-0.39, 0.29) is 0 Å². The van der Waals surface area contributed by atoms with Crippen LogP contribution in [-0.4, -0.2) is 22.2 Å². The minimum atomic E-state index is 0.384. The summed E-state index contributed by atoms with van der Waals surface area (Å²) in [7, 11) is 2.64. The molecule has 0 saturated heterocycles. The van der Waals surface area contributed by atoms with Gasteiger partial charge in [-0.2, -0.15) is 0 Å². The maximum atomic E-state index is 8.93. The fourth-order valence-electron chi connectivity index (χ4n) is 4.66. The van der Waals surface area contributed by atoms with E-state index in [4.69, 9.17) is 5.41 Å². The smallest absolute Gasteiger partial charge is 0.139 e. The molecule has 3 aromatic carbocycles. The molecule has 0 amide bonds. The highest BCUT2D eigenvalue weighted by atomic mass is 31.0. The molecule has 0 bridgehead atoms. The number of aryl methyl sites for hydroxylation is 2. The fourth-order valence-corrected chi connectivity index (χ4v) is 5.01. The van der Waals surface area contributed by atoms with Crippen LogP contribution >= 0.6 is 9.24 Å². The molecule has 0 fully saturated rings. The molecule has 1 aromatic heterocycles. The topological polar surface area (TPSA) is 64.9 Å². The standard InChI is InChI=1S/C30H28N5P/c1-19-9-7-12-23(15-19)28(31)27-29(33-18-34-30(27)36)32-17-25-16-22-11-8-10-20(2)26(22)21(3)35(25)24-13-5-4-6-14-24/h4-16,18,31H,3,17,36H2,1-2H3,(H,32,33,34). The van der Waals surface area contributed by atoms with Gasteiger partial charge in [0.05, 0.1) is 23.3 Å². The Kier molecular flexibility index (Phi) is 6.49. The van der Waals surface area contributed by atoms with Crippen LogP contribution in [0.5, 0.6) is 0 Å². The lowest BCUT2D eigenvalue weighted by molar-refractivity contribution is 1.06. The predicted molar refractivity (Wildman–Crippen MR) is 154 cm³/mol. The van der Waals surface area contributed by atoms with E-state index in [0.29, 0.717) is 29.1 Å². The molecule has 2 heterocycles. The van der Waals surface area contributed by atoms with E-state index in [0.717, 1.165) is 39.3 Å². The molecule has 1 aliphatic rings. The highest BCUT2D eigenvalue weighted by molar-refractivity contribution is 7.27. The van der Waals surface area contributed by atoms with Gasteiger partial charge in [0.25, 0.3) is 0 Å². The summed E-state index contributed by atoms with van der Waals surface area (Å²) in [6.07, 6.45) is 3.73. The number of rotatable bonds is 6. The number of anilines is 2. The van der Waals surface area contributed by atoms with Gasteiger partial charge in [0.2, 0.25) is 0 Å². The van der Waals surface area contributed by atoms with Crippen molar-refractivity contribution in [1.29, 1.82) is 5.41 Å². The average molecular weight is 490 g/mol. The quantitative estimate of drug-likeness (QED) is 0.259. The van der Waals surface area contributed by atoms with Crippen molar-refractivity contribution in [1.82, 2.24) is 9.97 Å². The molecule has 178 valence electrons. The molecule has 5 rings (SSSR count). The van der Waals surface area contributed by atoms with E-state index in [9.17, 15) is 0 Å². The predicted octanol–water partition coefficient (Wildman–Crippen LogP) is 5.95. The van der Waals surface area contributed by atoms with Crippen LogP contribution in [0.2, 0.25) is 0 Å². The van der Waals surface area contributed by atoms with E-state index in [1.54, 1.807) is 0 Å². The molecular weight excluding hydrogens is 461 g/mol.